The summed E-state index contributed by atoms with van der Waals surface area (Å²) in [4.78, 5) is 4.62. The predicted octanol–water partition coefficient (Wildman–Crippen LogP) is 4.29. The van der Waals surface area contributed by atoms with E-state index in [2.05, 4.69) is 53.9 Å². The van der Waals surface area contributed by atoms with Gasteiger partial charge in [-0.05, 0) is 49.7 Å². The summed E-state index contributed by atoms with van der Waals surface area (Å²) in [6.45, 7) is 4.21. The summed E-state index contributed by atoms with van der Waals surface area (Å²) in [5.74, 6) is 0.822. The number of nitrogens with zero attached hydrogens (tertiary/aromatic N) is 1. The standard InChI is InChI=1S/C17H17N3/c1-12-8-9-16-15(10-12)13(2)11-17(18-16)20-19-14-6-4-3-5-7-14/h3-11,19H,1-2H3,(H,18,20). The highest BCUT2D eigenvalue weighted by molar-refractivity contribution is 5.84. The van der Waals surface area contributed by atoms with Crippen molar-refractivity contribution in [1.82, 2.24) is 4.98 Å². The molecule has 0 aliphatic rings. The van der Waals surface area contributed by atoms with Crippen LogP contribution in [-0.4, -0.2) is 4.98 Å². The Morgan fingerprint density at radius 3 is 2.45 bits per heavy atom. The number of fused-ring (bicyclic) bond motifs is 1. The van der Waals surface area contributed by atoms with E-state index < -0.39 is 0 Å². The Hall–Kier alpha value is -2.55. The number of aryl methyl sites for hydroxylation is 2. The van der Waals surface area contributed by atoms with Crippen molar-refractivity contribution in [2.45, 2.75) is 13.8 Å². The van der Waals surface area contributed by atoms with Gasteiger partial charge in [-0.2, -0.15) is 0 Å². The van der Waals surface area contributed by atoms with Crippen LogP contribution in [0.1, 0.15) is 11.1 Å². The Labute approximate surface area is 118 Å². The summed E-state index contributed by atoms with van der Waals surface area (Å²) >= 11 is 0. The van der Waals surface area contributed by atoms with Gasteiger partial charge in [0.15, 0.2) is 0 Å². The molecule has 3 nitrogen and oxygen atoms in total. The summed E-state index contributed by atoms with van der Waals surface area (Å²) in [6, 6.07) is 18.4. The first-order valence-corrected chi connectivity index (χ1v) is 6.67. The van der Waals surface area contributed by atoms with Crippen molar-refractivity contribution in [1.29, 1.82) is 0 Å². The highest BCUT2D eigenvalue weighted by Crippen LogP contribution is 2.21. The van der Waals surface area contributed by atoms with Gasteiger partial charge in [0.2, 0.25) is 0 Å². The third kappa shape index (κ3) is 2.57. The molecule has 2 N–H and O–H groups in total. The zero-order valence-electron chi connectivity index (χ0n) is 11.6. The topological polar surface area (TPSA) is 37.0 Å². The molecule has 0 aliphatic carbocycles. The van der Waals surface area contributed by atoms with Gasteiger partial charge in [-0.3, -0.25) is 10.9 Å². The normalized spacial score (nSPS) is 10.5. The predicted molar refractivity (Wildman–Crippen MR) is 84.9 cm³/mol. The van der Waals surface area contributed by atoms with Crippen molar-refractivity contribution >= 4 is 22.4 Å². The summed E-state index contributed by atoms with van der Waals surface area (Å²) in [5, 5.41) is 1.20. The summed E-state index contributed by atoms with van der Waals surface area (Å²) in [5.41, 5.74) is 10.8. The van der Waals surface area contributed by atoms with E-state index in [1.807, 2.05) is 30.3 Å². The molecule has 2 aromatic carbocycles. The molecule has 1 heterocycles. The second-order valence-corrected chi connectivity index (χ2v) is 4.96. The number of nitrogens with one attached hydrogen (secondary N) is 2. The molecule has 3 aromatic rings. The fourth-order valence-corrected chi connectivity index (χ4v) is 2.23. The Bertz CT molecular complexity index is 736. The highest BCUT2D eigenvalue weighted by Gasteiger charge is 2.02. The number of rotatable bonds is 3. The first kappa shape index (κ1) is 12.5. The van der Waals surface area contributed by atoms with Crippen LogP contribution in [0.25, 0.3) is 10.9 Å². The molecule has 0 unspecified atom stereocenters. The van der Waals surface area contributed by atoms with E-state index in [9.17, 15) is 0 Å². The van der Waals surface area contributed by atoms with Gasteiger partial charge < -0.3 is 0 Å². The second-order valence-electron chi connectivity index (χ2n) is 4.96. The number of aromatic nitrogens is 1. The lowest BCUT2D eigenvalue weighted by molar-refractivity contribution is 1.29. The highest BCUT2D eigenvalue weighted by atomic mass is 15.4. The van der Waals surface area contributed by atoms with Crippen LogP contribution >= 0.6 is 0 Å². The monoisotopic (exact) mass is 263 g/mol. The quantitative estimate of drug-likeness (QED) is 0.692. The SMILES string of the molecule is Cc1ccc2nc(NNc3ccccc3)cc(C)c2c1. The third-order valence-corrected chi connectivity index (χ3v) is 3.28. The van der Waals surface area contributed by atoms with Crippen LogP contribution in [0.2, 0.25) is 0 Å². The molecule has 0 amide bonds. The Balaban J connectivity index is 1.87. The Kier molecular flexibility index (Phi) is 3.25. The molecule has 0 bridgehead atoms. The smallest absolute Gasteiger partial charge is 0.145 e. The minimum Gasteiger partial charge on any atom is -0.300 e. The number of hydrogen-bond acceptors (Lipinski definition) is 3. The van der Waals surface area contributed by atoms with Crippen molar-refractivity contribution in [3.63, 3.8) is 0 Å². The van der Waals surface area contributed by atoms with Crippen LogP contribution in [0.5, 0.6) is 0 Å². The van der Waals surface area contributed by atoms with E-state index in [1.165, 1.54) is 16.5 Å². The molecule has 0 aliphatic heterocycles. The average molecular weight is 263 g/mol. The van der Waals surface area contributed by atoms with Crippen LogP contribution in [0.4, 0.5) is 11.5 Å². The fourth-order valence-electron chi connectivity index (χ4n) is 2.23. The van der Waals surface area contributed by atoms with Gasteiger partial charge in [0, 0.05) is 5.39 Å². The molecule has 3 heteroatoms. The van der Waals surface area contributed by atoms with Crippen LogP contribution in [0.3, 0.4) is 0 Å². The maximum absolute atomic E-state index is 4.62. The third-order valence-electron chi connectivity index (χ3n) is 3.28. The molecule has 0 saturated carbocycles. The number of anilines is 2. The van der Waals surface area contributed by atoms with E-state index in [0.717, 1.165) is 17.0 Å². The molecule has 0 radical (unpaired) electrons. The fraction of sp³-hybridized carbons (Fsp3) is 0.118. The van der Waals surface area contributed by atoms with Crippen LogP contribution in [0.15, 0.2) is 54.6 Å². The number of hydrazine groups is 1. The van der Waals surface area contributed by atoms with Gasteiger partial charge in [-0.1, -0.05) is 29.8 Å². The molecule has 1 aromatic heterocycles. The zero-order chi connectivity index (χ0) is 13.9. The summed E-state index contributed by atoms with van der Waals surface area (Å²) < 4.78 is 0. The summed E-state index contributed by atoms with van der Waals surface area (Å²) in [6.07, 6.45) is 0. The molecule has 100 valence electrons. The lowest BCUT2D eigenvalue weighted by Crippen LogP contribution is -2.10. The molecule has 0 saturated heterocycles. The van der Waals surface area contributed by atoms with E-state index >= 15 is 0 Å². The zero-order valence-corrected chi connectivity index (χ0v) is 11.6. The van der Waals surface area contributed by atoms with Crippen molar-refractivity contribution in [2.24, 2.45) is 0 Å². The summed E-state index contributed by atoms with van der Waals surface area (Å²) in [7, 11) is 0. The van der Waals surface area contributed by atoms with Crippen LogP contribution in [0, 0.1) is 13.8 Å². The van der Waals surface area contributed by atoms with Crippen molar-refractivity contribution in [3.8, 4) is 0 Å². The van der Waals surface area contributed by atoms with Crippen molar-refractivity contribution in [2.75, 3.05) is 10.9 Å². The maximum Gasteiger partial charge on any atom is 0.145 e. The molecule has 20 heavy (non-hydrogen) atoms. The second kappa shape index (κ2) is 5.21. The lowest BCUT2D eigenvalue weighted by atomic mass is 10.1. The Morgan fingerprint density at radius 1 is 0.850 bits per heavy atom. The van der Waals surface area contributed by atoms with Crippen molar-refractivity contribution in [3.05, 3.63) is 65.7 Å². The van der Waals surface area contributed by atoms with E-state index in [0.29, 0.717) is 0 Å². The average Bonchev–Trinajstić information content (AvgIpc) is 2.47. The van der Waals surface area contributed by atoms with E-state index in [-0.39, 0.29) is 0 Å². The minimum atomic E-state index is 0.822. The van der Waals surface area contributed by atoms with Gasteiger partial charge in [-0.25, -0.2) is 4.98 Å². The van der Waals surface area contributed by atoms with Crippen LogP contribution < -0.4 is 10.9 Å². The molecule has 3 rings (SSSR count). The van der Waals surface area contributed by atoms with Crippen LogP contribution in [-0.2, 0) is 0 Å². The van der Waals surface area contributed by atoms with Gasteiger partial charge in [0.25, 0.3) is 0 Å². The van der Waals surface area contributed by atoms with Gasteiger partial charge in [-0.15, -0.1) is 0 Å². The van der Waals surface area contributed by atoms with Gasteiger partial charge in [0.1, 0.15) is 5.82 Å². The number of hydrogen-bond donors (Lipinski definition) is 2. The molecule has 0 atom stereocenters. The van der Waals surface area contributed by atoms with Gasteiger partial charge >= 0.3 is 0 Å². The van der Waals surface area contributed by atoms with Crippen molar-refractivity contribution < 1.29 is 0 Å². The number of benzene rings is 2. The van der Waals surface area contributed by atoms with Gasteiger partial charge in [0.05, 0.1) is 11.2 Å². The first-order chi connectivity index (χ1) is 9.72. The number of para-hydroxylation sites is 1. The molecule has 0 spiro atoms. The molecular formula is C17H17N3. The first-order valence-electron chi connectivity index (χ1n) is 6.67. The number of pyridine rings is 1. The minimum absolute atomic E-state index is 0.822. The molecular weight excluding hydrogens is 246 g/mol. The largest absolute Gasteiger partial charge is 0.300 e. The Morgan fingerprint density at radius 2 is 1.65 bits per heavy atom. The van der Waals surface area contributed by atoms with E-state index in [4.69, 9.17) is 0 Å². The molecule has 0 fully saturated rings. The maximum atomic E-state index is 4.62. The van der Waals surface area contributed by atoms with E-state index in [1.54, 1.807) is 0 Å². The lowest BCUT2D eigenvalue weighted by Gasteiger charge is -2.11.